The molecule has 0 spiro atoms. The third-order valence-electron chi connectivity index (χ3n) is 5.36. The summed E-state index contributed by atoms with van der Waals surface area (Å²) in [6.45, 7) is 1.92. The van der Waals surface area contributed by atoms with Crippen LogP contribution in [0, 0.1) is 11.3 Å². The lowest BCUT2D eigenvalue weighted by Gasteiger charge is -2.09. The summed E-state index contributed by atoms with van der Waals surface area (Å²) in [4.78, 5) is 16.9. The largest absolute Gasteiger partial charge is 0.382 e. The number of aliphatic imine (C=N–C) groups is 1. The molecular weight excluding hydrogens is 454 g/mol. The number of anilines is 1. The number of nitrogens with one attached hydrogen (secondary N) is 2. The van der Waals surface area contributed by atoms with E-state index in [1.54, 1.807) is 25.1 Å². The summed E-state index contributed by atoms with van der Waals surface area (Å²) in [5.74, 6) is 0.0845. The highest BCUT2D eigenvalue weighted by atomic mass is 32.2. The van der Waals surface area contributed by atoms with Crippen LogP contribution in [-0.2, 0) is 21.2 Å². The molecule has 0 bridgehead atoms. The summed E-state index contributed by atoms with van der Waals surface area (Å²) in [7, 11) is -3.66. The Balaban J connectivity index is 1.36. The van der Waals surface area contributed by atoms with Gasteiger partial charge in [0.2, 0.25) is 5.91 Å². The van der Waals surface area contributed by atoms with Gasteiger partial charge in [0.15, 0.2) is 0 Å². The van der Waals surface area contributed by atoms with Crippen LogP contribution in [0.2, 0.25) is 0 Å². The van der Waals surface area contributed by atoms with Crippen molar-refractivity contribution in [2.75, 3.05) is 12.3 Å². The zero-order chi connectivity index (χ0) is 24.3. The molecule has 0 fully saturated rings. The number of aromatic nitrogens is 2. The van der Waals surface area contributed by atoms with Crippen molar-refractivity contribution in [3.05, 3.63) is 71.4 Å². The summed E-state index contributed by atoms with van der Waals surface area (Å²) in [6, 6.07) is 17.1. The van der Waals surface area contributed by atoms with Crippen molar-refractivity contribution >= 4 is 27.6 Å². The third kappa shape index (κ3) is 4.49. The van der Waals surface area contributed by atoms with Crippen LogP contribution in [-0.4, -0.2) is 42.5 Å². The van der Waals surface area contributed by atoms with Gasteiger partial charge in [-0.3, -0.25) is 14.5 Å². The van der Waals surface area contributed by atoms with Gasteiger partial charge in [0, 0.05) is 12.1 Å². The maximum atomic E-state index is 12.5. The number of nitrogens with two attached hydrogens (primary N) is 1. The number of aryl methyl sites for hydroxylation is 1. The summed E-state index contributed by atoms with van der Waals surface area (Å²) in [6.07, 6.45) is 0.980. The van der Waals surface area contributed by atoms with Crippen LogP contribution < -0.4 is 15.8 Å². The second kappa shape index (κ2) is 9.36. The molecule has 1 atom stereocenters. The van der Waals surface area contributed by atoms with Crippen LogP contribution in [0.4, 0.5) is 5.82 Å². The molecule has 1 amide bonds. The molecule has 2 aromatic carbocycles. The number of hydrogen-bond donors (Lipinski definition) is 3. The Kier molecular flexibility index (Phi) is 6.34. The standard InChI is InChI=1S/C23H23N7O3S/c1-15(27-22-17-10-5-6-12-20(17)34(32,33)29-22)23(31)26-13-7-11-19-18(14-24)21(25)30(28-19)16-8-3-2-4-9-16/h2-6,8-10,12,15H,7,11,13,25H2,1H3,(H,26,31)(H,27,29)/t15-/m0/s1. The number of para-hydroxylation sites is 1. The first-order valence-corrected chi connectivity index (χ1v) is 12.1. The first kappa shape index (κ1) is 23.0. The van der Waals surface area contributed by atoms with Crippen LogP contribution in [0.25, 0.3) is 5.69 Å². The molecule has 1 aliphatic rings. The number of benzene rings is 2. The molecule has 34 heavy (non-hydrogen) atoms. The Morgan fingerprint density at radius 3 is 2.68 bits per heavy atom. The van der Waals surface area contributed by atoms with Gasteiger partial charge < -0.3 is 11.1 Å². The lowest BCUT2D eigenvalue weighted by molar-refractivity contribution is -0.121. The summed E-state index contributed by atoms with van der Waals surface area (Å²) < 4.78 is 28.3. The van der Waals surface area contributed by atoms with Gasteiger partial charge in [-0.2, -0.15) is 10.4 Å². The average molecular weight is 478 g/mol. The lowest BCUT2D eigenvalue weighted by Crippen LogP contribution is -2.34. The van der Waals surface area contributed by atoms with Gasteiger partial charge in [-0.15, -0.1) is 0 Å². The fraction of sp³-hybridized carbons (Fsp3) is 0.217. The van der Waals surface area contributed by atoms with Crippen LogP contribution in [0.5, 0.6) is 0 Å². The lowest BCUT2D eigenvalue weighted by atomic mass is 10.1. The number of sulfonamides is 1. The molecule has 0 unspecified atom stereocenters. The minimum atomic E-state index is -3.66. The van der Waals surface area contributed by atoms with Gasteiger partial charge >= 0.3 is 0 Å². The molecule has 10 nitrogen and oxygen atoms in total. The van der Waals surface area contributed by atoms with E-state index < -0.39 is 16.1 Å². The van der Waals surface area contributed by atoms with E-state index in [0.717, 1.165) is 5.69 Å². The number of nitrogens with zero attached hydrogens (tertiary/aromatic N) is 4. The molecule has 0 saturated heterocycles. The first-order valence-electron chi connectivity index (χ1n) is 10.6. The van der Waals surface area contributed by atoms with Crippen molar-refractivity contribution in [3.8, 4) is 11.8 Å². The fourth-order valence-electron chi connectivity index (χ4n) is 3.64. The highest BCUT2D eigenvalue weighted by Crippen LogP contribution is 2.23. The summed E-state index contributed by atoms with van der Waals surface area (Å²) in [5.41, 5.74) is 8.19. The van der Waals surface area contributed by atoms with E-state index in [1.165, 1.54) is 10.7 Å². The molecule has 0 radical (unpaired) electrons. The number of hydrogen-bond acceptors (Lipinski definition) is 7. The van der Waals surface area contributed by atoms with Gasteiger partial charge in [0.1, 0.15) is 29.3 Å². The number of amides is 1. The predicted octanol–water partition coefficient (Wildman–Crippen LogP) is 1.50. The minimum Gasteiger partial charge on any atom is -0.382 e. The van der Waals surface area contributed by atoms with Crippen LogP contribution in [0.3, 0.4) is 0 Å². The van der Waals surface area contributed by atoms with E-state index in [-0.39, 0.29) is 22.5 Å². The van der Waals surface area contributed by atoms with E-state index in [2.05, 4.69) is 26.2 Å². The van der Waals surface area contributed by atoms with Crippen molar-refractivity contribution in [2.45, 2.75) is 30.7 Å². The Morgan fingerprint density at radius 1 is 1.24 bits per heavy atom. The topological polar surface area (TPSA) is 155 Å². The normalized spacial score (nSPS) is 15.8. The minimum absolute atomic E-state index is 0.142. The highest BCUT2D eigenvalue weighted by molar-refractivity contribution is 7.90. The Bertz CT molecular complexity index is 1410. The molecule has 4 rings (SSSR count). The number of fused-ring (bicyclic) bond motifs is 1. The van der Waals surface area contributed by atoms with E-state index in [1.807, 2.05) is 30.3 Å². The fourth-order valence-corrected chi connectivity index (χ4v) is 4.88. The summed E-state index contributed by atoms with van der Waals surface area (Å²) >= 11 is 0. The van der Waals surface area contributed by atoms with Crippen molar-refractivity contribution in [1.82, 2.24) is 19.8 Å². The molecular formula is C23H23N7O3S. The molecule has 11 heteroatoms. The molecule has 0 aliphatic carbocycles. The SMILES string of the molecule is C[C@H](N=C1NS(=O)(=O)c2ccccc21)C(=O)NCCCc1nn(-c2ccccc2)c(N)c1C#N. The number of amidine groups is 1. The quantitative estimate of drug-likeness (QED) is 0.438. The smallest absolute Gasteiger partial charge is 0.263 e. The van der Waals surface area contributed by atoms with Crippen molar-refractivity contribution in [3.63, 3.8) is 0 Å². The second-order valence-electron chi connectivity index (χ2n) is 7.72. The molecule has 1 aromatic heterocycles. The molecule has 174 valence electrons. The highest BCUT2D eigenvalue weighted by Gasteiger charge is 2.31. The van der Waals surface area contributed by atoms with Crippen molar-refractivity contribution in [1.29, 1.82) is 5.26 Å². The monoisotopic (exact) mass is 477 g/mol. The van der Waals surface area contributed by atoms with Crippen LogP contribution >= 0.6 is 0 Å². The Labute approximate surface area is 197 Å². The van der Waals surface area contributed by atoms with Gasteiger partial charge in [0.25, 0.3) is 10.0 Å². The third-order valence-corrected chi connectivity index (χ3v) is 6.76. The van der Waals surface area contributed by atoms with Gasteiger partial charge in [-0.25, -0.2) is 13.1 Å². The number of nitrogen functional groups attached to an aromatic ring is 1. The van der Waals surface area contributed by atoms with Crippen LogP contribution in [0.1, 0.15) is 30.2 Å². The van der Waals surface area contributed by atoms with Gasteiger partial charge in [-0.05, 0) is 44.0 Å². The molecule has 2 heterocycles. The maximum absolute atomic E-state index is 12.5. The van der Waals surface area contributed by atoms with Crippen molar-refractivity contribution < 1.29 is 13.2 Å². The first-order chi connectivity index (χ1) is 16.3. The number of carbonyl (C=O) groups is 1. The van der Waals surface area contributed by atoms with E-state index in [9.17, 15) is 18.5 Å². The average Bonchev–Trinajstić information content (AvgIpc) is 3.29. The molecule has 0 saturated carbocycles. The predicted molar refractivity (Wildman–Crippen MR) is 127 cm³/mol. The maximum Gasteiger partial charge on any atom is 0.263 e. The van der Waals surface area contributed by atoms with E-state index in [4.69, 9.17) is 5.73 Å². The Morgan fingerprint density at radius 2 is 1.94 bits per heavy atom. The molecule has 1 aliphatic heterocycles. The van der Waals surface area contributed by atoms with Gasteiger partial charge in [-0.1, -0.05) is 30.3 Å². The zero-order valence-corrected chi connectivity index (χ0v) is 19.2. The van der Waals surface area contributed by atoms with Crippen LogP contribution in [0.15, 0.2) is 64.5 Å². The Hall–Kier alpha value is -4.17. The second-order valence-corrected chi connectivity index (χ2v) is 9.37. The zero-order valence-electron chi connectivity index (χ0n) is 18.4. The number of nitriles is 1. The molecule has 4 N–H and O–H groups in total. The number of carbonyl (C=O) groups excluding carboxylic acids is 1. The van der Waals surface area contributed by atoms with Crippen molar-refractivity contribution in [2.24, 2.45) is 4.99 Å². The van der Waals surface area contributed by atoms with Gasteiger partial charge in [0.05, 0.1) is 16.3 Å². The molecule has 3 aromatic rings. The van der Waals surface area contributed by atoms with E-state index in [0.29, 0.717) is 36.2 Å². The van der Waals surface area contributed by atoms with E-state index >= 15 is 0 Å². The number of rotatable bonds is 7. The summed E-state index contributed by atoms with van der Waals surface area (Å²) in [5, 5.41) is 16.8.